The lowest BCUT2D eigenvalue weighted by Gasteiger charge is -2.14. The van der Waals surface area contributed by atoms with Crippen LogP contribution in [0.15, 0.2) is 36.4 Å². The fourth-order valence-electron chi connectivity index (χ4n) is 2.11. The van der Waals surface area contributed by atoms with Gasteiger partial charge in [-0.3, -0.25) is 4.79 Å². The Balaban J connectivity index is 2.30. The molecule has 2 aromatic rings. The van der Waals surface area contributed by atoms with E-state index in [2.05, 4.69) is 5.32 Å². The Morgan fingerprint density at radius 3 is 2.32 bits per heavy atom. The van der Waals surface area contributed by atoms with Crippen molar-refractivity contribution in [3.8, 4) is 17.2 Å². The summed E-state index contributed by atoms with van der Waals surface area (Å²) >= 11 is 0. The zero-order valence-electron chi connectivity index (χ0n) is 13.1. The first-order chi connectivity index (χ1) is 10.6. The number of nitrogens with one attached hydrogen (secondary N) is 1. The summed E-state index contributed by atoms with van der Waals surface area (Å²) in [5.41, 5.74) is 1.98. The molecule has 0 radical (unpaired) electrons. The minimum absolute atomic E-state index is 0.247. The Morgan fingerprint density at radius 2 is 1.68 bits per heavy atom. The maximum absolute atomic E-state index is 12.4. The molecule has 0 bridgehead atoms. The molecule has 22 heavy (non-hydrogen) atoms. The topological polar surface area (TPSA) is 56.8 Å². The molecule has 0 aliphatic rings. The molecule has 0 saturated heterocycles. The number of aryl methyl sites for hydroxylation is 1. The number of carbonyl (C=O) groups is 1. The number of anilines is 1. The summed E-state index contributed by atoms with van der Waals surface area (Å²) in [5, 5.41) is 2.83. The highest BCUT2D eigenvalue weighted by Crippen LogP contribution is 2.32. The lowest BCUT2D eigenvalue weighted by atomic mass is 10.1. The van der Waals surface area contributed by atoms with E-state index in [1.165, 1.54) is 0 Å². The van der Waals surface area contributed by atoms with Crippen LogP contribution in [-0.2, 0) is 0 Å². The molecule has 0 saturated carbocycles. The molecule has 0 spiro atoms. The van der Waals surface area contributed by atoms with Gasteiger partial charge in [-0.1, -0.05) is 6.07 Å². The quantitative estimate of drug-likeness (QED) is 0.921. The van der Waals surface area contributed by atoms with Gasteiger partial charge in [0.15, 0.2) is 0 Å². The van der Waals surface area contributed by atoms with Crippen LogP contribution < -0.4 is 19.5 Å². The average Bonchev–Trinajstić information content (AvgIpc) is 2.55. The van der Waals surface area contributed by atoms with Crippen LogP contribution in [0.3, 0.4) is 0 Å². The Morgan fingerprint density at radius 1 is 0.955 bits per heavy atom. The van der Waals surface area contributed by atoms with E-state index in [9.17, 15) is 4.79 Å². The second-order valence-electron chi connectivity index (χ2n) is 4.71. The van der Waals surface area contributed by atoms with Crippen LogP contribution in [0.5, 0.6) is 17.2 Å². The monoisotopic (exact) mass is 301 g/mol. The molecule has 0 fully saturated rings. The van der Waals surface area contributed by atoms with Gasteiger partial charge in [0.2, 0.25) is 0 Å². The number of hydrogen-bond donors (Lipinski definition) is 1. The fourth-order valence-corrected chi connectivity index (χ4v) is 2.11. The smallest absolute Gasteiger partial charge is 0.255 e. The van der Waals surface area contributed by atoms with Crippen molar-refractivity contribution < 1.29 is 19.0 Å². The van der Waals surface area contributed by atoms with E-state index in [0.29, 0.717) is 28.5 Å². The summed E-state index contributed by atoms with van der Waals surface area (Å²) in [4.78, 5) is 12.4. The first-order valence-corrected chi connectivity index (χ1v) is 6.77. The molecule has 5 heteroatoms. The lowest BCUT2D eigenvalue weighted by Crippen LogP contribution is -2.13. The first kappa shape index (κ1) is 15.7. The first-order valence-electron chi connectivity index (χ1n) is 6.77. The van der Waals surface area contributed by atoms with E-state index < -0.39 is 0 Å². The number of hydrogen-bond acceptors (Lipinski definition) is 4. The Kier molecular flexibility index (Phi) is 4.88. The van der Waals surface area contributed by atoms with Gasteiger partial charge in [0, 0.05) is 11.6 Å². The van der Waals surface area contributed by atoms with E-state index >= 15 is 0 Å². The van der Waals surface area contributed by atoms with Crippen molar-refractivity contribution in [1.82, 2.24) is 0 Å². The summed E-state index contributed by atoms with van der Waals surface area (Å²) in [7, 11) is 4.70. The second kappa shape index (κ2) is 6.85. The number of rotatable bonds is 5. The van der Waals surface area contributed by atoms with Gasteiger partial charge in [0.05, 0.1) is 27.0 Å². The minimum atomic E-state index is -0.247. The predicted octanol–water partition coefficient (Wildman–Crippen LogP) is 3.27. The molecule has 0 aromatic heterocycles. The summed E-state index contributed by atoms with van der Waals surface area (Å²) in [5.74, 6) is 1.64. The SMILES string of the molecule is COc1cccc(C(=O)Nc2cc(OC)c(C)cc2OC)c1. The van der Waals surface area contributed by atoms with Crippen molar-refractivity contribution in [1.29, 1.82) is 0 Å². The van der Waals surface area contributed by atoms with Crippen molar-refractivity contribution in [3.63, 3.8) is 0 Å². The molecule has 0 aliphatic heterocycles. The van der Waals surface area contributed by atoms with Crippen molar-refractivity contribution in [2.45, 2.75) is 6.92 Å². The van der Waals surface area contributed by atoms with E-state index in [0.717, 1.165) is 5.56 Å². The molecule has 2 rings (SSSR count). The van der Waals surface area contributed by atoms with Crippen molar-refractivity contribution >= 4 is 11.6 Å². The third kappa shape index (κ3) is 3.31. The van der Waals surface area contributed by atoms with Gasteiger partial charge >= 0.3 is 0 Å². The third-order valence-electron chi connectivity index (χ3n) is 3.30. The van der Waals surface area contributed by atoms with Gasteiger partial charge in [-0.15, -0.1) is 0 Å². The molecule has 0 atom stereocenters. The summed E-state index contributed by atoms with van der Waals surface area (Å²) < 4.78 is 15.7. The Hall–Kier alpha value is -2.69. The molecular weight excluding hydrogens is 282 g/mol. The number of amides is 1. The number of carbonyl (C=O) groups excluding carboxylic acids is 1. The molecular formula is C17H19NO4. The molecule has 0 unspecified atom stereocenters. The zero-order chi connectivity index (χ0) is 16.1. The van der Waals surface area contributed by atoms with Crippen LogP contribution in [0.1, 0.15) is 15.9 Å². The van der Waals surface area contributed by atoms with Gasteiger partial charge in [-0.2, -0.15) is 0 Å². The summed E-state index contributed by atoms with van der Waals surface area (Å²) in [6, 6.07) is 10.5. The number of methoxy groups -OCH3 is 3. The maximum atomic E-state index is 12.4. The summed E-state index contributed by atoms with van der Waals surface area (Å²) in [6.07, 6.45) is 0. The highest BCUT2D eigenvalue weighted by atomic mass is 16.5. The third-order valence-corrected chi connectivity index (χ3v) is 3.30. The standard InChI is InChI=1S/C17H19NO4/c1-11-8-16(22-4)14(10-15(11)21-3)18-17(19)12-6-5-7-13(9-12)20-2/h5-10H,1-4H3,(H,18,19). The highest BCUT2D eigenvalue weighted by Gasteiger charge is 2.13. The van der Waals surface area contributed by atoms with Crippen LogP contribution in [0.25, 0.3) is 0 Å². The van der Waals surface area contributed by atoms with E-state index in [4.69, 9.17) is 14.2 Å². The van der Waals surface area contributed by atoms with Gasteiger partial charge in [0.1, 0.15) is 17.2 Å². The van der Waals surface area contributed by atoms with Crippen LogP contribution >= 0.6 is 0 Å². The van der Waals surface area contributed by atoms with Crippen LogP contribution in [0.2, 0.25) is 0 Å². The number of ether oxygens (including phenoxy) is 3. The van der Waals surface area contributed by atoms with Crippen molar-refractivity contribution in [3.05, 3.63) is 47.5 Å². The molecule has 5 nitrogen and oxygen atoms in total. The van der Waals surface area contributed by atoms with Gasteiger partial charge in [0.25, 0.3) is 5.91 Å². The van der Waals surface area contributed by atoms with Gasteiger partial charge < -0.3 is 19.5 Å². The Labute approximate surface area is 129 Å². The van der Waals surface area contributed by atoms with Crippen LogP contribution in [0, 0.1) is 6.92 Å². The van der Waals surface area contributed by atoms with Crippen LogP contribution in [0.4, 0.5) is 5.69 Å². The minimum Gasteiger partial charge on any atom is -0.497 e. The van der Waals surface area contributed by atoms with E-state index in [1.54, 1.807) is 51.7 Å². The Bertz CT molecular complexity index is 682. The normalized spacial score (nSPS) is 10.0. The van der Waals surface area contributed by atoms with Crippen molar-refractivity contribution in [2.24, 2.45) is 0 Å². The largest absolute Gasteiger partial charge is 0.497 e. The second-order valence-corrected chi connectivity index (χ2v) is 4.71. The van der Waals surface area contributed by atoms with Gasteiger partial charge in [-0.25, -0.2) is 0 Å². The molecule has 0 aliphatic carbocycles. The summed E-state index contributed by atoms with van der Waals surface area (Å²) in [6.45, 7) is 1.91. The molecule has 1 amide bonds. The van der Waals surface area contributed by atoms with E-state index in [1.807, 2.05) is 13.0 Å². The average molecular weight is 301 g/mol. The highest BCUT2D eigenvalue weighted by molar-refractivity contribution is 6.05. The lowest BCUT2D eigenvalue weighted by molar-refractivity contribution is 0.102. The van der Waals surface area contributed by atoms with Gasteiger partial charge in [-0.05, 0) is 36.8 Å². The molecule has 1 N–H and O–H groups in total. The number of benzene rings is 2. The zero-order valence-corrected chi connectivity index (χ0v) is 13.1. The van der Waals surface area contributed by atoms with Crippen LogP contribution in [-0.4, -0.2) is 27.2 Å². The van der Waals surface area contributed by atoms with E-state index in [-0.39, 0.29) is 5.91 Å². The molecule has 116 valence electrons. The predicted molar refractivity (Wildman–Crippen MR) is 85.2 cm³/mol. The molecule has 2 aromatic carbocycles. The molecule has 0 heterocycles. The maximum Gasteiger partial charge on any atom is 0.255 e. The fraction of sp³-hybridized carbons (Fsp3) is 0.235. The van der Waals surface area contributed by atoms with Crippen molar-refractivity contribution in [2.75, 3.05) is 26.6 Å².